The minimum atomic E-state index is -0.691. The Bertz CT molecular complexity index is 751. The number of hydrogen-bond donors (Lipinski definition) is 1. The predicted octanol–water partition coefficient (Wildman–Crippen LogP) is 2.78. The van der Waals surface area contributed by atoms with E-state index in [1.54, 1.807) is 26.8 Å². The van der Waals surface area contributed by atoms with Gasteiger partial charge in [-0.1, -0.05) is 0 Å². The molecule has 0 saturated carbocycles. The van der Waals surface area contributed by atoms with Crippen LogP contribution in [0.1, 0.15) is 55.1 Å². The summed E-state index contributed by atoms with van der Waals surface area (Å²) in [5, 5.41) is 0. The van der Waals surface area contributed by atoms with Crippen molar-refractivity contribution < 1.29 is 23.5 Å². The van der Waals surface area contributed by atoms with E-state index in [-0.39, 0.29) is 17.2 Å². The number of hydrogen-bond acceptors (Lipinski definition) is 5. The summed E-state index contributed by atoms with van der Waals surface area (Å²) in [7, 11) is 0. The summed E-state index contributed by atoms with van der Waals surface area (Å²) in [4.78, 5) is 38.4. The number of nitrogens with one attached hydrogen (secondary N) is 1. The highest BCUT2D eigenvalue weighted by atomic mass is 16.5. The Morgan fingerprint density at radius 1 is 1.23 bits per heavy atom. The van der Waals surface area contributed by atoms with Gasteiger partial charge in [0.2, 0.25) is 11.5 Å². The van der Waals surface area contributed by atoms with Crippen molar-refractivity contribution in [2.75, 3.05) is 6.61 Å². The van der Waals surface area contributed by atoms with Gasteiger partial charge >= 0.3 is 5.97 Å². The minimum Gasteiger partial charge on any atom is -0.457 e. The molecule has 0 aliphatic heterocycles. The Kier molecular flexibility index (Phi) is 4.30. The third-order valence-corrected chi connectivity index (χ3v) is 3.45. The quantitative estimate of drug-likeness (QED) is 0.677. The molecule has 0 amide bonds. The summed E-state index contributed by atoms with van der Waals surface area (Å²) in [5.41, 5.74) is 2.62. The van der Waals surface area contributed by atoms with Crippen LogP contribution in [0.25, 0.3) is 0 Å². The monoisotopic (exact) mass is 303 g/mol. The van der Waals surface area contributed by atoms with Crippen LogP contribution < -0.4 is 0 Å². The van der Waals surface area contributed by atoms with E-state index in [0.717, 1.165) is 0 Å². The summed E-state index contributed by atoms with van der Waals surface area (Å²) >= 11 is 0. The topological polar surface area (TPSA) is 89.4 Å². The molecule has 6 heteroatoms. The number of ether oxygens (including phenoxy) is 1. The molecule has 0 fully saturated rings. The van der Waals surface area contributed by atoms with Crippen molar-refractivity contribution in [3.63, 3.8) is 0 Å². The van der Waals surface area contributed by atoms with E-state index in [2.05, 4.69) is 4.98 Å². The standard InChI is InChI=1S/C16H17NO5/c1-8-5-6-21-15(8)16(20)22-7-12(19)14-9(2)13(11(4)18)10(3)17-14/h5-6,17H,7H2,1-4H3. The summed E-state index contributed by atoms with van der Waals surface area (Å²) in [5.74, 6) is -1.13. The van der Waals surface area contributed by atoms with Crippen LogP contribution >= 0.6 is 0 Å². The Morgan fingerprint density at radius 3 is 2.41 bits per heavy atom. The molecule has 0 spiro atoms. The number of furan rings is 1. The lowest BCUT2D eigenvalue weighted by Crippen LogP contribution is -2.15. The number of carbonyl (C=O) groups is 3. The molecule has 2 aromatic rings. The van der Waals surface area contributed by atoms with Crippen molar-refractivity contribution >= 4 is 17.5 Å². The molecule has 0 atom stereocenters. The van der Waals surface area contributed by atoms with Crippen LogP contribution in [0.15, 0.2) is 16.7 Å². The van der Waals surface area contributed by atoms with E-state index >= 15 is 0 Å². The first kappa shape index (κ1) is 15.8. The number of aromatic nitrogens is 1. The molecule has 2 aromatic heterocycles. The van der Waals surface area contributed by atoms with Gasteiger partial charge in [0.15, 0.2) is 12.4 Å². The highest BCUT2D eigenvalue weighted by molar-refractivity contribution is 6.04. The average Bonchev–Trinajstić information content (AvgIpc) is 2.99. The maximum absolute atomic E-state index is 12.2. The fourth-order valence-electron chi connectivity index (χ4n) is 2.41. The number of ketones is 2. The van der Waals surface area contributed by atoms with Gasteiger partial charge in [-0.2, -0.15) is 0 Å². The number of Topliss-reactive ketones (excluding diaryl/α,β-unsaturated/α-hetero) is 2. The summed E-state index contributed by atoms with van der Waals surface area (Å²) in [6.07, 6.45) is 1.38. The largest absolute Gasteiger partial charge is 0.457 e. The maximum Gasteiger partial charge on any atom is 0.374 e. The Balaban J connectivity index is 2.11. The van der Waals surface area contributed by atoms with Gasteiger partial charge in [-0.15, -0.1) is 0 Å². The second-order valence-corrected chi connectivity index (χ2v) is 5.11. The van der Waals surface area contributed by atoms with Gasteiger partial charge < -0.3 is 14.1 Å². The Labute approximate surface area is 127 Å². The number of rotatable bonds is 5. The molecule has 2 heterocycles. The van der Waals surface area contributed by atoms with Crippen LogP contribution in [0.5, 0.6) is 0 Å². The number of carbonyl (C=O) groups excluding carboxylic acids is 3. The van der Waals surface area contributed by atoms with Gasteiger partial charge in [0.1, 0.15) is 0 Å². The fourth-order valence-corrected chi connectivity index (χ4v) is 2.41. The van der Waals surface area contributed by atoms with Gasteiger partial charge in [0.25, 0.3) is 0 Å². The first-order chi connectivity index (χ1) is 10.3. The van der Waals surface area contributed by atoms with Crippen molar-refractivity contribution in [1.82, 2.24) is 4.98 Å². The lowest BCUT2D eigenvalue weighted by molar-refractivity contribution is 0.0441. The average molecular weight is 303 g/mol. The normalized spacial score (nSPS) is 10.5. The zero-order valence-corrected chi connectivity index (χ0v) is 12.9. The van der Waals surface area contributed by atoms with E-state index in [4.69, 9.17) is 9.15 Å². The smallest absolute Gasteiger partial charge is 0.374 e. The first-order valence-electron chi connectivity index (χ1n) is 6.77. The summed E-state index contributed by atoms with van der Waals surface area (Å²) < 4.78 is 9.97. The van der Waals surface area contributed by atoms with Crippen molar-refractivity contribution in [1.29, 1.82) is 0 Å². The summed E-state index contributed by atoms with van der Waals surface area (Å²) in [6.45, 7) is 6.14. The van der Waals surface area contributed by atoms with Crippen molar-refractivity contribution in [3.05, 3.63) is 46.2 Å². The number of aryl methyl sites for hydroxylation is 2. The molecule has 1 N–H and O–H groups in total. The Hall–Kier alpha value is -2.63. The van der Waals surface area contributed by atoms with Gasteiger partial charge in [-0.05, 0) is 39.3 Å². The molecule has 0 bridgehead atoms. The molecule has 6 nitrogen and oxygen atoms in total. The third kappa shape index (κ3) is 2.86. The van der Waals surface area contributed by atoms with Gasteiger partial charge in [-0.25, -0.2) is 4.79 Å². The van der Waals surface area contributed by atoms with Gasteiger partial charge in [-0.3, -0.25) is 9.59 Å². The van der Waals surface area contributed by atoms with Crippen LogP contribution in [0.4, 0.5) is 0 Å². The van der Waals surface area contributed by atoms with E-state index in [9.17, 15) is 14.4 Å². The molecule has 0 unspecified atom stereocenters. The van der Waals surface area contributed by atoms with E-state index in [1.807, 2.05) is 0 Å². The SMILES string of the molecule is CC(=O)c1c(C)[nH]c(C(=O)COC(=O)c2occc2C)c1C. The molecule has 22 heavy (non-hydrogen) atoms. The van der Waals surface area contributed by atoms with Gasteiger partial charge in [0.05, 0.1) is 12.0 Å². The summed E-state index contributed by atoms with van der Waals surface area (Å²) in [6, 6.07) is 1.63. The molecule has 0 radical (unpaired) electrons. The fraction of sp³-hybridized carbons (Fsp3) is 0.312. The van der Waals surface area contributed by atoms with Crippen LogP contribution in [0.3, 0.4) is 0 Å². The molecule has 2 rings (SSSR count). The van der Waals surface area contributed by atoms with Crippen molar-refractivity contribution in [2.45, 2.75) is 27.7 Å². The number of H-pyrrole nitrogens is 1. The lowest BCUT2D eigenvalue weighted by Gasteiger charge is -2.03. The number of aromatic amines is 1. The second kappa shape index (κ2) is 6.01. The van der Waals surface area contributed by atoms with Crippen molar-refractivity contribution in [3.8, 4) is 0 Å². The third-order valence-electron chi connectivity index (χ3n) is 3.45. The highest BCUT2D eigenvalue weighted by Gasteiger charge is 2.22. The maximum atomic E-state index is 12.2. The minimum absolute atomic E-state index is 0.0802. The van der Waals surface area contributed by atoms with Gasteiger partial charge in [0, 0.05) is 16.8 Å². The first-order valence-corrected chi connectivity index (χ1v) is 6.77. The van der Waals surface area contributed by atoms with Crippen LogP contribution in [-0.4, -0.2) is 29.1 Å². The molecule has 0 aliphatic rings. The predicted molar refractivity (Wildman–Crippen MR) is 78.3 cm³/mol. The van der Waals surface area contributed by atoms with E-state index in [0.29, 0.717) is 22.4 Å². The zero-order valence-electron chi connectivity index (χ0n) is 12.9. The lowest BCUT2D eigenvalue weighted by atomic mass is 10.1. The Morgan fingerprint density at radius 2 is 1.91 bits per heavy atom. The molecule has 0 aromatic carbocycles. The molecular weight excluding hydrogens is 286 g/mol. The van der Waals surface area contributed by atoms with Crippen LogP contribution in [-0.2, 0) is 4.74 Å². The number of esters is 1. The molecular formula is C16H17NO5. The van der Waals surface area contributed by atoms with Crippen molar-refractivity contribution in [2.24, 2.45) is 0 Å². The highest BCUT2D eigenvalue weighted by Crippen LogP contribution is 2.19. The van der Waals surface area contributed by atoms with E-state index < -0.39 is 18.4 Å². The molecule has 116 valence electrons. The molecule has 0 saturated heterocycles. The zero-order chi connectivity index (χ0) is 16.4. The van der Waals surface area contributed by atoms with E-state index in [1.165, 1.54) is 13.2 Å². The van der Waals surface area contributed by atoms with Crippen LogP contribution in [0, 0.1) is 20.8 Å². The second-order valence-electron chi connectivity index (χ2n) is 5.11. The molecule has 0 aliphatic carbocycles. The van der Waals surface area contributed by atoms with Crippen LogP contribution in [0.2, 0.25) is 0 Å².